The van der Waals surface area contributed by atoms with Crippen molar-refractivity contribution < 1.29 is 19.3 Å². The van der Waals surface area contributed by atoms with Crippen molar-refractivity contribution in [1.29, 1.82) is 0 Å². The first-order valence-electron chi connectivity index (χ1n) is 8.61. The quantitative estimate of drug-likeness (QED) is 0.859. The fourth-order valence-corrected chi connectivity index (χ4v) is 2.92. The molecule has 0 aromatic heterocycles. The molecule has 1 saturated heterocycles. The number of hydrogen-bond acceptors (Lipinski definition) is 4. The van der Waals surface area contributed by atoms with Gasteiger partial charge in [-0.1, -0.05) is 47.9 Å². The maximum atomic E-state index is 12.3. The van der Waals surface area contributed by atoms with Gasteiger partial charge in [0.15, 0.2) is 5.60 Å². The Bertz CT molecular complexity index is 750. The minimum absolute atomic E-state index is 0.335. The van der Waals surface area contributed by atoms with E-state index in [0.29, 0.717) is 24.3 Å². The Morgan fingerprint density at radius 1 is 1.08 bits per heavy atom. The van der Waals surface area contributed by atoms with E-state index in [1.807, 2.05) is 63.2 Å². The van der Waals surface area contributed by atoms with Crippen LogP contribution in [0.2, 0.25) is 0 Å². The lowest BCUT2D eigenvalue weighted by Gasteiger charge is -2.49. The molecule has 0 spiro atoms. The van der Waals surface area contributed by atoms with Gasteiger partial charge >= 0.3 is 13.6 Å². The van der Waals surface area contributed by atoms with Crippen LogP contribution in [0.4, 0.5) is 4.79 Å². The number of amides is 1. The SMILES string of the molecule is CC(C)(C)OC(=O)N1CC(Oc2ccc([B]O)cc2)(c2ccccc2)C1. The molecule has 0 aliphatic carbocycles. The van der Waals surface area contributed by atoms with Crippen molar-refractivity contribution in [3.05, 3.63) is 60.2 Å². The second-order valence-electron chi connectivity index (χ2n) is 7.50. The number of benzene rings is 2. The van der Waals surface area contributed by atoms with Crippen LogP contribution in [0.15, 0.2) is 54.6 Å². The smallest absolute Gasteiger partial charge is 0.410 e. The van der Waals surface area contributed by atoms with Crippen molar-refractivity contribution in [1.82, 2.24) is 4.90 Å². The van der Waals surface area contributed by atoms with Crippen molar-refractivity contribution in [3.8, 4) is 5.75 Å². The van der Waals surface area contributed by atoms with Crippen LogP contribution < -0.4 is 10.2 Å². The molecule has 1 aliphatic heterocycles. The summed E-state index contributed by atoms with van der Waals surface area (Å²) in [6.07, 6.45) is -0.335. The van der Waals surface area contributed by atoms with Gasteiger partial charge in [-0.2, -0.15) is 0 Å². The van der Waals surface area contributed by atoms with Crippen molar-refractivity contribution in [2.45, 2.75) is 32.0 Å². The zero-order valence-electron chi connectivity index (χ0n) is 15.3. The zero-order valence-corrected chi connectivity index (χ0v) is 15.3. The van der Waals surface area contributed by atoms with E-state index in [2.05, 4.69) is 0 Å². The summed E-state index contributed by atoms with van der Waals surface area (Å²) in [5, 5.41) is 9.06. The third-order valence-corrected chi connectivity index (χ3v) is 4.19. The first-order chi connectivity index (χ1) is 12.3. The predicted octanol–water partition coefficient (Wildman–Crippen LogP) is 2.45. The topological polar surface area (TPSA) is 59.0 Å². The highest BCUT2D eigenvalue weighted by Crippen LogP contribution is 2.37. The van der Waals surface area contributed by atoms with E-state index in [9.17, 15) is 4.79 Å². The van der Waals surface area contributed by atoms with Crippen molar-refractivity contribution in [3.63, 3.8) is 0 Å². The van der Waals surface area contributed by atoms with Gasteiger partial charge < -0.3 is 14.5 Å². The van der Waals surface area contributed by atoms with Crippen LogP contribution in [0.25, 0.3) is 0 Å². The molecular formula is C20H23BNO4. The molecule has 26 heavy (non-hydrogen) atoms. The molecule has 2 aromatic rings. The summed E-state index contributed by atoms with van der Waals surface area (Å²) in [6.45, 7) is 6.39. The van der Waals surface area contributed by atoms with Crippen molar-refractivity contribution >= 4 is 19.0 Å². The Hall–Kier alpha value is -2.47. The standard InChI is InChI=1S/C20H23BNO4/c1-19(2,3)26-18(23)22-13-20(14-22,15-7-5-4-6-8-15)25-17-11-9-16(21-24)10-12-17/h4-12,24H,13-14H2,1-3H3. The highest BCUT2D eigenvalue weighted by Gasteiger charge is 2.50. The summed E-state index contributed by atoms with van der Waals surface area (Å²) >= 11 is 0. The average Bonchev–Trinajstić information content (AvgIpc) is 2.57. The van der Waals surface area contributed by atoms with Gasteiger partial charge in [0.2, 0.25) is 0 Å². The van der Waals surface area contributed by atoms with Gasteiger partial charge in [0.1, 0.15) is 11.4 Å². The number of carbonyl (C=O) groups excluding carboxylic acids is 1. The monoisotopic (exact) mass is 352 g/mol. The fourth-order valence-electron chi connectivity index (χ4n) is 2.92. The van der Waals surface area contributed by atoms with E-state index in [1.165, 1.54) is 0 Å². The Labute approximate surface area is 154 Å². The van der Waals surface area contributed by atoms with Crippen LogP contribution in [0.1, 0.15) is 26.3 Å². The minimum atomic E-state index is -0.609. The first kappa shape index (κ1) is 18.3. The molecule has 6 heteroatoms. The van der Waals surface area contributed by atoms with Gasteiger partial charge in [-0.15, -0.1) is 0 Å². The number of hydrogen-bond donors (Lipinski definition) is 1. The molecule has 1 aliphatic rings. The second kappa shape index (κ2) is 7.04. The van der Waals surface area contributed by atoms with Crippen LogP contribution >= 0.6 is 0 Å². The summed E-state index contributed by atoms with van der Waals surface area (Å²) in [7, 11) is 1.05. The zero-order chi connectivity index (χ0) is 18.8. The molecule has 1 heterocycles. The Morgan fingerprint density at radius 2 is 1.69 bits per heavy atom. The van der Waals surface area contributed by atoms with Gasteiger partial charge in [0.25, 0.3) is 0 Å². The lowest BCUT2D eigenvalue weighted by Crippen LogP contribution is -2.64. The largest absolute Gasteiger partial charge is 0.479 e. The molecule has 1 fully saturated rings. The highest BCUT2D eigenvalue weighted by atomic mass is 16.6. The highest BCUT2D eigenvalue weighted by molar-refractivity contribution is 6.45. The van der Waals surface area contributed by atoms with E-state index in [1.54, 1.807) is 17.0 Å². The average molecular weight is 352 g/mol. The van der Waals surface area contributed by atoms with E-state index >= 15 is 0 Å². The van der Waals surface area contributed by atoms with E-state index in [-0.39, 0.29) is 6.09 Å². The van der Waals surface area contributed by atoms with E-state index in [0.717, 1.165) is 13.0 Å². The molecule has 0 saturated carbocycles. The molecule has 135 valence electrons. The Kier molecular flexibility index (Phi) is 4.96. The summed E-state index contributed by atoms with van der Waals surface area (Å²) in [5.74, 6) is 0.684. The van der Waals surface area contributed by atoms with Gasteiger partial charge in [0.05, 0.1) is 13.1 Å². The first-order valence-corrected chi connectivity index (χ1v) is 8.61. The summed E-state index contributed by atoms with van der Waals surface area (Å²) < 4.78 is 11.7. The van der Waals surface area contributed by atoms with E-state index in [4.69, 9.17) is 14.5 Å². The number of likely N-dealkylation sites (tertiary alicyclic amines) is 1. The Morgan fingerprint density at radius 3 is 2.23 bits per heavy atom. The predicted molar refractivity (Wildman–Crippen MR) is 101 cm³/mol. The molecule has 1 radical (unpaired) electrons. The van der Waals surface area contributed by atoms with Gasteiger partial charge in [0, 0.05) is 0 Å². The third kappa shape index (κ3) is 4.02. The molecule has 3 rings (SSSR count). The van der Waals surface area contributed by atoms with Crippen molar-refractivity contribution in [2.75, 3.05) is 13.1 Å². The van der Waals surface area contributed by atoms with Gasteiger partial charge in [-0.05, 0) is 38.5 Å². The maximum absolute atomic E-state index is 12.3. The molecule has 0 unspecified atom stereocenters. The number of rotatable bonds is 4. The summed E-state index contributed by atoms with van der Waals surface area (Å²) in [4.78, 5) is 14.0. The van der Waals surface area contributed by atoms with Crippen molar-refractivity contribution in [2.24, 2.45) is 0 Å². The van der Waals surface area contributed by atoms with Crippen LogP contribution in [0, 0.1) is 0 Å². The number of carbonyl (C=O) groups is 1. The lowest BCUT2D eigenvalue weighted by molar-refractivity contribution is -0.0863. The second-order valence-corrected chi connectivity index (χ2v) is 7.50. The molecule has 0 atom stereocenters. The van der Waals surface area contributed by atoms with Crippen LogP contribution in [0.3, 0.4) is 0 Å². The minimum Gasteiger partial charge on any atom is -0.479 e. The lowest BCUT2D eigenvalue weighted by atomic mass is 9.85. The van der Waals surface area contributed by atoms with Gasteiger partial charge in [-0.3, -0.25) is 4.90 Å². The summed E-state index contributed by atoms with van der Waals surface area (Å²) in [5.41, 5.74) is 0.579. The number of nitrogens with zero attached hydrogens (tertiary/aromatic N) is 1. The molecule has 1 N–H and O–H groups in total. The fraction of sp³-hybridized carbons (Fsp3) is 0.350. The normalized spacial score (nSPS) is 15.8. The van der Waals surface area contributed by atoms with Crippen LogP contribution in [0.5, 0.6) is 5.75 Å². The third-order valence-electron chi connectivity index (χ3n) is 4.19. The molecule has 5 nitrogen and oxygen atoms in total. The number of ether oxygens (including phenoxy) is 2. The van der Waals surface area contributed by atoms with Crippen LogP contribution in [-0.2, 0) is 10.3 Å². The van der Waals surface area contributed by atoms with Crippen LogP contribution in [-0.4, -0.2) is 42.2 Å². The molecule has 0 bridgehead atoms. The summed E-state index contributed by atoms with van der Waals surface area (Å²) in [6, 6.07) is 17.0. The van der Waals surface area contributed by atoms with Gasteiger partial charge in [-0.25, -0.2) is 4.79 Å². The Balaban J connectivity index is 1.78. The molecule has 1 amide bonds. The molecule has 2 aromatic carbocycles. The maximum Gasteiger partial charge on any atom is 0.410 e. The van der Waals surface area contributed by atoms with E-state index < -0.39 is 11.2 Å². The molecular weight excluding hydrogens is 329 g/mol.